The number of benzene rings is 11. The molecule has 2 heteroatoms. The normalized spacial score (nSPS) is 12.2. The molecule has 0 bridgehead atoms. The van der Waals surface area contributed by atoms with Crippen LogP contribution in [0.15, 0.2) is 188 Å². The zero-order valence-corrected chi connectivity index (χ0v) is 32.5. The highest BCUT2D eigenvalue weighted by molar-refractivity contribution is 6.39. The second-order valence-corrected chi connectivity index (χ2v) is 16.0. The predicted molar refractivity (Wildman–Crippen MR) is 253 cm³/mol. The first-order valence-corrected chi connectivity index (χ1v) is 20.7. The van der Waals surface area contributed by atoms with Crippen molar-refractivity contribution in [3.63, 3.8) is 0 Å². The highest BCUT2D eigenvalue weighted by atomic mass is 15.1. The van der Waals surface area contributed by atoms with E-state index in [2.05, 4.69) is 200 Å². The summed E-state index contributed by atoms with van der Waals surface area (Å²) >= 11 is 0. The van der Waals surface area contributed by atoms with Gasteiger partial charge in [-0.2, -0.15) is 0 Å². The van der Waals surface area contributed by atoms with Crippen molar-refractivity contribution in [1.29, 1.82) is 0 Å². The van der Waals surface area contributed by atoms with Gasteiger partial charge < -0.3 is 0 Å². The van der Waals surface area contributed by atoms with Crippen LogP contribution in [0.4, 0.5) is 0 Å². The summed E-state index contributed by atoms with van der Waals surface area (Å²) in [4.78, 5) is 4.96. The molecule has 13 rings (SSSR count). The van der Waals surface area contributed by atoms with E-state index in [0.29, 0.717) is 0 Å². The quantitative estimate of drug-likeness (QED) is 0.129. The van der Waals surface area contributed by atoms with Crippen LogP contribution in [-0.2, 0) is 6.42 Å². The van der Waals surface area contributed by atoms with Crippen LogP contribution in [0.25, 0.3) is 125 Å². The summed E-state index contributed by atoms with van der Waals surface area (Å²) in [5.41, 5.74) is 8.30. The van der Waals surface area contributed by atoms with E-state index in [9.17, 15) is 0 Å². The average molecular weight is 749 g/mol. The maximum absolute atomic E-state index is 4.96. The van der Waals surface area contributed by atoms with E-state index >= 15 is 0 Å². The monoisotopic (exact) mass is 748 g/mol. The van der Waals surface area contributed by atoms with Crippen molar-refractivity contribution in [1.82, 2.24) is 9.55 Å². The number of nitrogens with zero attached hydrogens (tertiary/aromatic N) is 2. The van der Waals surface area contributed by atoms with Gasteiger partial charge in [0, 0.05) is 12.1 Å². The third-order valence-corrected chi connectivity index (χ3v) is 13.0. The van der Waals surface area contributed by atoms with Crippen molar-refractivity contribution < 1.29 is 0 Å². The molecule has 0 unspecified atom stereocenters. The topological polar surface area (TPSA) is 17.8 Å². The van der Waals surface area contributed by atoms with E-state index < -0.39 is 0 Å². The minimum absolute atomic E-state index is 0.860. The Labute approximate surface area is 340 Å². The summed E-state index contributed by atoms with van der Waals surface area (Å²) in [5, 5.41) is 20.6. The number of hydrogen-bond acceptors (Lipinski definition) is 1. The first-order chi connectivity index (χ1) is 29.2. The Kier molecular flexibility index (Phi) is 6.74. The van der Waals surface area contributed by atoms with E-state index in [1.807, 2.05) is 0 Å². The summed E-state index contributed by atoms with van der Waals surface area (Å²) in [5.74, 6) is 1.07. The van der Waals surface area contributed by atoms with Gasteiger partial charge in [-0.1, -0.05) is 165 Å². The van der Waals surface area contributed by atoms with E-state index in [1.54, 1.807) is 0 Å². The molecule has 0 N–H and O–H groups in total. The molecule has 0 fully saturated rings. The van der Waals surface area contributed by atoms with E-state index in [1.165, 1.54) is 108 Å². The first kappa shape index (κ1) is 32.5. The fourth-order valence-electron chi connectivity index (χ4n) is 10.6. The highest BCUT2D eigenvalue weighted by Crippen LogP contribution is 2.49. The van der Waals surface area contributed by atoms with Gasteiger partial charge in [-0.15, -0.1) is 0 Å². The van der Waals surface area contributed by atoms with E-state index in [-0.39, 0.29) is 0 Å². The second kappa shape index (κ2) is 12.2. The molecule has 1 heterocycles. The number of hydrogen-bond donors (Lipinski definition) is 0. The molecule has 1 aromatic heterocycles. The fourth-order valence-corrected chi connectivity index (χ4v) is 10.6. The summed E-state index contributed by atoms with van der Waals surface area (Å²) in [6.45, 7) is 2.18. The Balaban J connectivity index is 1.13. The van der Waals surface area contributed by atoms with Crippen LogP contribution in [-0.4, -0.2) is 9.55 Å². The number of aryl methyl sites for hydroxylation is 1. The molecular weight excluding hydrogens is 713 g/mol. The fraction of sp³-hybridized carbons (Fsp3) is 0.0351. The molecule has 0 spiro atoms. The molecule has 0 radical (unpaired) electrons. The van der Waals surface area contributed by atoms with Crippen LogP contribution in [0.2, 0.25) is 0 Å². The maximum Gasteiger partial charge on any atom is 0.114 e. The van der Waals surface area contributed by atoms with Crippen LogP contribution in [0.3, 0.4) is 0 Å². The summed E-state index contributed by atoms with van der Waals surface area (Å²) in [6.07, 6.45) is 0.860. The molecule has 0 saturated carbocycles. The lowest BCUT2D eigenvalue weighted by atomic mass is 9.82. The lowest BCUT2D eigenvalue weighted by Gasteiger charge is -2.21. The molecule has 0 atom stereocenters. The number of rotatable bonds is 4. The molecule has 59 heavy (non-hydrogen) atoms. The predicted octanol–water partition coefficient (Wildman–Crippen LogP) is 15.6. The Bertz CT molecular complexity index is 3810. The van der Waals surface area contributed by atoms with Gasteiger partial charge in [0.1, 0.15) is 5.82 Å². The molecule has 0 aliphatic heterocycles. The van der Waals surface area contributed by atoms with Crippen molar-refractivity contribution >= 4 is 97.2 Å². The molecule has 2 nitrogen and oxygen atoms in total. The molecule has 0 saturated heterocycles. The number of imidazole rings is 1. The molecule has 0 aliphatic carbocycles. The molecule has 0 aliphatic rings. The van der Waals surface area contributed by atoms with Crippen molar-refractivity contribution in [2.24, 2.45) is 0 Å². The molecule has 0 amide bonds. The largest absolute Gasteiger partial charge is 0.296 e. The van der Waals surface area contributed by atoms with Gasteiger partial charge in [0.15, 0.2) is 0 Å². The van der Waals surface area contributed by atoms with Gasteiger partial charge in [0.2, 0.25) is 0 Å². The Hall–Kier alpha value is -7.55. The van der Waals surface area contributed by atoms with Crippen molar-refractivity contribution in [2.45, 2.75) is 13.3 Å². The van der Waals surface area contributed by atoms with Crippen molar-refractivity contribution in [3.8, 4) is 27.9 Å². The first-order valence-electron chi connectivity index (χ1n) is 20.7. The molecule has 12 aromatic carbocycles. The Morgan fingerprint density at radius 2 is 0.864 bits per heavy atom. The standard InChI is InChI=1S/C57H36N2/c1-2-51-58-49-25-7-8-26-50(49)59(51)38-31-29-36(30-32-38)52-39-16-3-5-18-44(39)56(45-19-6-4-17-40(45)52)48-33-37-15-11-22-42-41-20-9-13-34-27-28-35-14-10-21-43(54(35)53(34)41)46-23-12-24-47(48)57(46)55(37)42/h3-33H,2H2,1H3. The van der Waals surface area contributed by atoms with Crippen LogP contribution >= 0.6 is 0 Å². The van der Waals surface area contributed by atoms with E-state index in [0.717, 1.165) is 29.0 Å². The Morgan fingerprint density at radius 3 is 1.47 bits per heavy atom. The summed E-state index contributed by atoms with van der Waals surface area (Å²) in [7, 11) is 0. The number of fused-ring (bicyclic) bond motifs is 5. The minimum Gasteiger partial charge on any atom is -0.296 e. The van der Waals surface area contributed by atoms with Gasteiger partial charge in [-0.05, 0) is 139 Å². The molecule has 274 valence electrons. The lowest BCUT2D eigenvalue weighted by Crippen LogP contribution is -2.00. The van der Waals surface area contributed by atoms with Crippen molar-refractivity contribution in [2.75, 3.05) is 0 Å². The third-order valence-electron chi connectivity index (χ3n) is 13.0. The van der Waals surface area contributed by atoms with Crippen molar-refractivity contribution in [3.05, 3.63) is 194 Å². The average Bonchev–Trinajstić information content (AvgIpc) is 3.68. The van der Waals surface area contributed by atoms with Gasteiger partial charge >= 0.3 is 0 Å². The van der Waals surface area contributed by atoms with Crippen LogP contribution in [0.5, 0.6) is 0 Å². The van der Waals surface area contributed by atoms with Gasteiger partial charge in [-0.3, -0.25) is 4.57 Å². The maximum atomic E-state index is 4.96. The highest BCUT2D eigenvalue weighted by Gasteiger charge is 2.22. The van der Waals surface area contributed by atoms with Crippen LogP contribution in [0, 0.1) is 0 Å². The minimum atomic E-state index is 0.860. The van der Waals surface area contributed by atoms with Crippen LogP contribution in [0.1, 0.15) is 12.7 Å². The third kappa shape index (κ3) is 4.49. The smallest absolute Gasteiger partial charge is 0.114 e. The number of aromatic nitrogens is 2. The zero-order chi connectivity index (χ0) is 38.8. The summed E-state index contributed by atoms with van der Waals surface area (Å²) in [6, 6.07) is 70.2. The van der Waals surface area contributed by atoms with Gasteiger partial charge in [0.25, 0.3) is 0 Å². The molecular formula is C57H36N2. The number of para-hydroxylation sites is 2. The summed E-state index contributed by atoms with van der Waals surface area (Å²) < 4.78 is 2.31. The molecule has 13 aromatic rings. The van der Waals surface area contributed by atoms with Gasteiger partial charge in [0.05, 0.1) is 11.0 Å². The lowest BCUT2D eigenvalue weighted by molar-refractivity contribution is 0.908. The SMILES string of the molecule is CCc1nc2ccccc2n1-c1ccc(-c2c3ccccc3c(-c3cc4cccc5c6cccc7ccc8cccc(c9cccc3c9c45)c8c76)c3ccccc23)cc1. The van der Waals surface area contributed by atoms with Crippen LogP contribution < -0.4 is 0 Å². The second-order valence-electron chi connectivity index (χ2n) is 16.0. The van der Waals surface area contributed by atoms with E-state index in [4.69, 9.17) is 4.98 Å². The zero-order valence-electron chi connectivity index (χ0n) is 32.5. The Morgan fingerprint density at radius 1 is 0.390 bits per heavy atom. The van der Waals surface area contributed by atoms with Gasteiger partial charge in [-0.25, -0.2) is 4.98 Å².